The van der Waals surface area contributed by atoms with Gasteiger partial charge in [0.2, 0.25) is 5.91 Å². The molecule has 2 aromatic rings. The van der Waals surface area contributed by atoms with E-state index in [0.29, 0.717) is 29.4 Å². The highest BCUT2D eigenvalue weighted by atomic mass is 35.5. The minimum atomic E-state index is -0.497. The van der Waals surface area contributed by atoms with Gasteiger partial charge in [0.25, 0.3) is 5.91 Å². The van der Waals surface area contributed by atoms with Crippen LogP contribution in [0, 0.1) is 0 Å². The molecule has 1 aromatic carbocycles. The van der Waals surface area contributed by atoms with Crippen LogP contribution in [-0.2, 0) is 4.79 Å². The normalized spacial score (nSPS) is 14.1. The molecule has 0 radical (unpaired) electrons. The van der Waals surface area contributed by atoms with Gasteiger partial charge in [-0.2, -0.15) is 0 Å². The maximum absolute atomic E-state index is 12.3. The van der Waals surface area contributed by atoms with Crippen molar-refractivity contribution in [3.05, 3.63) is 51.2 Å². The maximum Gasteiger partial charge on any atom is 0.275 e. The Labute approximate surface area is 153 Å². The van der Waals surface area contributed by atoms with Crippen LogP contribution in [0.1, 0.15) is 23.3 Å². The van der Waals surface area contributed by atoms with Gasteiger partial charge in [0.15, 0.2) is 0 Å². The van der Waals surface area contributed by atoms with Crippen LogP contribution in [0.15, 0.2) is 30.3 Å². The van der Waals surface area contributed by atoms with Gasteiger partial charge >= 0.3 is 0 Å². The molecule has 5 nitrogen and oxygen atoms in total. The molecule has 0 atom stereocenters. The number of carbonyl (C=O) groups is 2. The number of hydrogen-bond acceptors (Lipinski definition) is 3. The average molecular weight is 385 g/mol. The number of hydrogen-bond donors (Lipinski definition) is 1. The first kappa shape index (κ1) is 17.0. The van der Waals surface area contributed by atoms with Gasteiger partial charge in [-0.15, -0.1) is 0 Å². The zero-order valence-electron chi connectivity index (χ0n) is 12.4. The third kappa shape index (κ3) is 3.48. The quantitative estimate of drug-likeness (QED) is 0.797. The molecule has 2 heterocycles. The van der Waals surface area contributed by atoms with Crippen LogP contribution in [0.25, 0.3) is 0 Å². The zero-order valence-corrected chi connectivity index (χ0v) is 14.6. The number of halogens is 3. The second-order valence-corrected chi connectivity index (χ2v) is 6.44. The Morgan fingerprint density at radius 2 is 1.92 bits per heavy atom. The van der Waals surface area contributed by atoms with Gasteiger partial charge in [-0.05, 0) is 36.8 Å². The summed E-state index contributed by atoms with van der Waals surface area (Å²) >= 11 is 18.0. The Morgan fingerprint density at radius 1 is 1.12 bits per heavy atom. The number of anilines is 2. The summed E-state index contributed by atoms with van der Waals surface area (Å²) < 4.78 is 0. The van der Waals surface area contributed by atoms with Crippen LogP contribution in [0.4, 0.5) is 11.4 Å². The summed E-state index contributed by atoms with van der Waals surface area (Å²) in [4.78, 5) is 29.6. The minimum Gasteiger partial charge on any atom is -0.321 e. The molecule has 8 heteroatoms. The number of rotatable bonds is 3. The third-order valence-electron chi connectivity index (χ3n) is 3.60. The van der Waals surface area contributed by atoms with E-state index in [0.717, 1.165) is 6.42 Å². The molecule has 0 saturated carbocycles. The SMILES string of the molecule is O=C(Nc1ccc(N2CCCC2=O)c(Cl)c1)c1nc(Cl)ccc1Cl. The summed E-state index contributed by atoms with van der Waals surface area (Å²) in [6, 6.07) is 7.95. The molecule has 0 bridgehead atoms. The number of amides is 2. The summed E-state index contributed by atoms with van der Waals surface area (Å²) in [6.45, 7) is 0.645. The van der Waals surface area contributed by atoms with E-state index >= 15 is 0 Å². The molecule has 1 N–H and O–H groups in total. The molecule has 1 aliphatic rings. The van der Waals surface area contributed by atoms with Gasteiger partial charge in [0.05, 0.1) is 15.7 Å². The fourth-order valence-electron chi connectivity index (χ4n) is 2.47. The smallest absolute Gasteiger partial charge is 0.275 e. The van der Waals surface area contributed by atoms with Crippen LogP contribution in [0.3, 0.4) is 0 Å². The Kier molecular flexibility index (Phi) is 4.94. The zero-order chi connectivity index (χ0) is 17.3. The number of nitrogens with one attached hydrogen (secondary N) is 1. The van der Waals surface area contributed by atoms with Crippen LogP contribution >= 0.6 is 34.8 Å². The monoisotopic (exact) mass is 383 g/mol. The van der Waals surface area contributed by atoms with E-state index in [4.69, 9.17) is 34.8 Å². The lowest BCUT2D eigenvalue weighted by atomic mass is 10.2. The number of benzene rings is 1. The van der Waals surface area contributed by atoms with Gasteiger partial charge in [0, 0.05) is 18.7 Å². The van der Waals surface area contributed by atoms with Gasteiger partial charge < -0.3 is 10.2 Å². The van der Waals surface area contributed by atoms with E-state index < -0.39 is 5.91 Å². The summed E-state index contributed by atoms with van der Waals surface area (Å²) in [7, 11) is 0. The lowest BCUT2D eigenvalue weighted by molar-refractivity contribution is -0.117. The first-order valence-corrected chi connectivity index (χ1v) is 8.32. The standard InChI is InChI=1S/C16H12Cl3N3O2/c17-10-4-6-13(19)21-15(10)16(24)20-9-3-5-12(11(18)8-9)22-7-1-2-14(22)23/h3-6,8H,1-2,7H2,(H,20,24). The van der Waals surface area contributed by atoms with Gasteiger partial charge in [0.1, 0.15) is 10.8 Å². The van der Waals surface area contributed by atoms with E-state index in [1.165, 1.54) is 12.1 Å². The summed E-state index contributed by atoms with van der Waals surface area (Å²) in [5.41, 5.74) is 1.13. The van der Waals surface area contributed by atoms with Crippen molar-refractivity contribution in [2.45, 2.75) is 12.8 Å². The predicted molar refractivity (Wildman–Crippen MR) is 95.2 cm³/mol. The van der Waals surface area contributed by atoms with Crippen molar-refractivity contribution in [3.8, 4) is 0 Å². The highest BCUT2D eigenvalue weighted by Crippen LogP contribution is 2.32. The summed E-state index contributed by atoms with van der Waals surface area (Å²) in [5, 5.41) is 3.41. The molecule has 124 valence electrons. The second kappa shape index (κ2) is 6.97. The second-order valence-electron chi connectivity index (χ2n) is 5.23. The minimum absolute atomic E-state index is 0.0269. The van der Waals surface area contributed by atoms with Crippen LogP contribution < -0.4 is 10.2 Å². The van der Waals surface area contributed by atoms with Gasteiger partial charge in [-0.1, -0.05) is 34.8 Å². The van der Waals surface area contributed by atoms with E-state index in [1.54, 1.807) is 23.1 Å². The molecule has 1 fully saturated rings. The molecule has 3 rings (SSSR count). The van der Waals surface area contributed by atoms with E-state index in [9.17, 15) is 9.59 Å². The molecule has 2 amide bonds. The van der Waals surface area contributed by atoms with Crippen molar-refractivity contribution in [1.29, 1.82) is 0 Å². The molecule has 1 aromatic heterocycles. The maximum atomic E-state index is 12.3. The Morgan fingerprint density at radius 3 is 2.58 bits per heavy atom. The fraction of sp³-hybridized carbons (Fsp3) is 0.188. The van der Waals surface area contributed by atoms with Crippen molar-refractivity contribution in [2.24, 2.45) is 0 Å². The molecular formula is C16H12Cl3N3O2. The lowest BCUT2D eigenvalue weighted by Gasteiger charge is -2.18. The number of nitrogens with zero attached hydrogens (tertiary/aromatic N) is 2. The van der Waals surface area contributed by atoms with E-state index in [1.807, 2.05) is 0 Å². The highest BCUT2D eigenvalue weighted by Gasteiger charge is 2.23. The number of aromatic nitrogens is 1. The molecule has 0 spiro atoms. The van der Waals surface area contributed by atoms with E-state index in [-0.39, 0.29) is 21.8 Å². The highest BCUT2D eigenvalue weighted by molar-refractivity contribution is 6.35. The molecular weight excluding hydrogens is 373 g/mol. The van der Waals surface area contributed by atoms with Crippen molar-refractivity contribution in [1.82, 2.24) is 4.98 Å². The molecule has 0 aliphatic carbocycles. The van der Waals surface area contributed by atoms with Crippen LogP contribution in [0.5, 0.6) is 0 Å². The molecule has 1 aliphatic heterocycles. The Hall–Kier alpha value is -1.82. The van der Waals surface area contributed by atoms with Gasteiger partial charge in [-0.25, -0.2) is 4.98 Å². The van der Waals surface area contributed by atoms with Crippen molar-refractivity contribution >= 4 is 58.0 Å². The van der Waals surface area contributed by atoms with Crippen molar-refractivity contribution in [2.75, 3.05) is 16.8 Å². The summed E-state index contributed by atoms with van der Waals surface area (Å²) in [5.74, 6) is -0.452. The predicted octanol–water partition coefficient (Wildman–Crippen LogP) is 4.42. The van der Waals surface area contributed by atoms with Crippen molar-refractivity contribution < 1.29 is 9.59 Å². The largest absolute Gasteiger partial charge is 0.321 e. The fourth-order valence-corrected chi connectivity index (χ4v) is 3.10. The first-order chi connectivity index (χ1) is 11.5. The topological polar surface area (TPSA) is 62.3 Å². The number of carbonyl (C=O) groups excluding carboxylic acids is 2. The number of pyridine rings is 1. The average Bonchev–Trinajstić information content (AvgIpc) is 2.96. The Balaban J connectivity index is 1.81. The lowest BCUT2D eigenvalue weighted by Crippen LogP contribution is -2.24. The van der Waals surface area contributed by atoms with Crippen molar-refractivity contribution in [3.63, 3.8) is 0 Å². The first-order valence-electron chi connectivity index (χ1n) is 7.19. The molecule has 24 heavy (non-hydrogen) atoms. The van der Waals surface area contributed by atoms with Crippen LogP contribution in [-0.4, -0.2) is 23.3 Å². The third-order valence-corrected chi connectivity index (χ3v) is 4.42. The molecule has 1 saturated heterocycles. The molecule has 0 unspecified atom stereocenters. The van der Waals surface area contributed by atoms with Crippen LogP contribution in [0.2, 0.25) is 15.2 Å². The Bertz CT molecular complexity index is 826. The van der Waals surface area contributed by atoms with Gasteiger partial charge in [-0.3, -0.25) is 9.59 Å². The van der Waals surface area contributed by atoms with E-state index in [2.05, 4.69) is 10.3 Å². The summed E-state index contributed by atoms with van der Waals surface area (Å²) in [6.07, 6.45) is 1.33.